The first-order chi connectivity index (χ1) is 12.6. The Balaban J connectivity index is 1.37. The zero-order chi connectivity index (χ0) is 18.4. The number of nitrogens with zero attached hydrogens (tertiary/aromatic N) is 2. The molecule has 1 aliphatic rings. The summed E-state index contributed by atoms with van der Waals surface area (Å²) in [7, 11) is 0. The van der Waals surface area contributed by atoms with Crippen LogP contribution in [0.3, 0.4) is 0 Å². The van der Waals surface area contributed by atoms with Crippen molar-refractivity contribution in [1.82, 2.24) is 10.2 Å². The topological polar surface area (TPSA) is 35.6 Å². The highest BCUT2D eigenvalue weighted by Gasteiger charge is 2.20. The number of hydrogen-bond donors (Lipinski definition) is 1. The second kappa shape index (κ2) is 9.06. The first-order valence-electron chi connectivity index (χ1n) is 9.16. The number of amides is 1. The normalized spacial score (nSPS) is 14.5. The summed E-state index contributed by atoms with van der Waals surface area (Å²) in [6, 6.07) is 16.3. The fraction of sp³-hybridized carbons (Fsp3) is 0.381. The summed E-state index contributed by atoms with van der Waals surface area (Å²) in [6.07, 6.45) is 0.540. The number of anilines is 1. The zero-order valence-corrected chi connectivity index (χ0v) is 16.0. The fourth-order valence-corrected chi connectivity index (χ4v) is 3.35. The summed E-state index contributed by atoms with van der Waals surface area (Å²) in [6.45, 7) is 6.94. The first kappa shape index (κ1) is 18.7. The van der Waals surface area contributed by atoms with Gasteiger partial charge in [-0.05, 0) is 42.3 Å². The molecular formula is C21H26ClN3O. The number of piperazine rings is 1. The molecule has 1 aliphatic heterocycles. The van der Waals surface area contributed by atoms with Crippen molar-refractivity contribution in [2.24, 2.45) is 0 Å². The molecule has 0 bridgehead atoms. The molecule has 5 heteroatoms. The van der Waals surface area contributed by atoms with Crippen LogP contribution in [0.15, 0.2) is 48.5 Å². The van der Waals surface area contributed by atoms with Gasteiger partial charge >= 0.3 is 0 Å². The number of halogens is 1. The predicted octanol–water partition coefficient (Wildman–Crippen LogP) is 3.48. The number of nitrogens with one attached hydrogen (secondary N) is 1. The van der Waals surface area contributed by atoms with Crippen molar-refractivity contribution >= 4 is 23.2 Å². The zero-order valence-electron chi connectivity index (χ0n) is 15.2. The molecule has 2 aromatic carbocycles. The Morgan fingerprint density at radius 1 is 1.08 bits per heavy atom. The van der Waals surface area contributed by atoms with Gasteiger partial charge in [-0.1, -0.05) is 35.9 Å². The van der Waals surface area contributed by atoms with Crippen molar-refractivity contribution in [3.05, 3.63) is 64.7 Å². The van der Waals surface area contributed by atoms with Gasteiger partial charge in [-0.3, -0.25) is 4.79 Å². The molecular weight excluding hydrogens is 346 g/mol. The van der Waals surface area contributed by atoms with Crippen molar-refractivity contribution < 1.29 is 4.79 Å². The number of carbonyl (C=O) groups excluding carboxylic acids is 1. The van der Waals surface area contributed by atoms with Crippen LogP contribution in [0.25, 0.3) is 0 Å². The van der Waals surface area contributed by atoms with Gasteiger partial charge in [-0.2, -0.15) is 0 Å². The standard InChI is InChI=1S/C21H26ClN3O/c1-17-3-2-4-20(15-17)24-11-13-25(14-12-24)21(26)9-10-23-16-18-5-7-19(22)8-6-18/h2-8,15,23H,9-14,16H2,1H3. The Kier molecular flexibility index (Phi) is 6.53. The first-order valence-corrected chi connectivity index (χ1v) is 9.54. The summed E-state index contributed by atoms with van der Waals surface area (Å²) < 4.78 is 0. The Hall–Kier alpha value is -2.04. The minimum absolute atomic E-state index is 0.234. The molecule has 138 valence electrons. The Morgan fingerprint density at radius 2 is 1.81 bits per heavy atom. The van der Waals surface area contributed by atoms with Crippen LogP contribution in [0.2, 0.25) is 5.02 Å². The minimum atomic E-state index is 0.234. The number of hydrogen-bond acceptors (Lipinski definition) is 3. The van der Waals surface area contributed by atoms with E-state index in [1.54, 1.807) is 0 Å². The molecule has 0 aromatic heterocycles. The third kappa shape index (κ3) is 5.23. The Labute approximate surface area is 160 Å². The number of benzene rings is 2. The van der Waals surface area contributed by atoms with Gasteiger partial charge in [0.25, 0.3) is 0 Å². The van der Waals surface area contributed by atoms with Crippen molar-refractivity contribution in [2.75, 3.05) is 37.6 Å². The number of rotatable bonds is 6. The maximum absolute atomic E-state index is 12.4. The molecule has 1 fully saturated rings. The van der Waals surface area contributed by atoms with Crippen LogP contribution in [0.1, 0.15) is 17.5 Å². The highest BCUT2D eigenvalue weighted by Crippen LogP contribution is 2.18. The quantitative estimate of drug-likeness (QED) is 0.790. The van der Waals surface area contributed by atoms with E-state index in [1.807, 2.05) is 29.2 Å². The molecule has 1 saturated heterocycles. The molecule has 26 heavy (non-hydrogen) atoms. The van der Waals surface area contributed by atoms with E-state index >= 15 is 0 Å². The molecule has 2 aromatic rings. The van der Waals surface area contributed by atoms with Gasteiger partial charge in [-0.15, -0.1) is 0 Å². The van der Waals surface area contributed by atoms with Gasteiger partial charge in [0.05, 0.1) is 0 Å². The van der Waals surface area contributed by atoms with Gasteiger partial charge in [0.15, 0.2) is 0 Å². The maximum atomic E-state index is 12.4. The van der Waals surface area contributed by atoms with Crippen molar-refractivity contribution in [1.29, 1.82) is 0 Å². The molecule has 0 atom stereocenters. The Bertz CT molecular complexity index is 724. The maximum Gasteiger partial charge on any atom is 0.223 e. The lowest BCUT2D eigenvalue weighted by Crippen LogP contribution is -2.49. The molecule has 0 saturated carbocycles. The van der Waals surface area contributed by atoms with Gasteiger partial charge in [0, 0.05) is 56.4 Å². The molecule has 0 aliphatic carbocycles. The van der Waals surface area contributed by atoms with Crippen molar-refractivity contribution in [3.63, 3.8) is 0 Å². The van der Waals surface area contributed by atoms with Crippen LogP contribution in [0.5, 0.6) is 0 Å². The molecule has 0 spiro atoms. The van der Waals surface area contributed by atoms with Crippen LogP contribution < -0.4 is 10.2 Å². The fourth-order valence-electron chi connectivity index (χ4n) is 3.23. The highest BCUT2D eigenvalue weighted by atomic mass is 35.5. The van der Waals surface area contributed by atoms with E-state index < -0.39 is 0 Å². The Morgan fingerprint density at radius 3 is 2.50 bits per heavy atom. The smallest absolute Gasteiger partial charge is 0.223 e. The van der Waals surface area contributed by atoms with E-state index in [4.69, 9.17) is 11.6 Å². The van der Waals surface area contributed by atoms with E-state index in [9.17, 15) is 4.79 Å². The summed E-state index contributed by atoms with van der Waals surface area (Å²) in [4.78, 5) is 16.7. The molecule has 1 heterocycles. The van der Waals surface area contributed by atoms with Gasteiger partial charge in [-0.25, -0.2) is 0 Å². The van der Waals surface area contributed by atoms with E-state index in [-0.39, 0.29) is 5.91 Å². The monoisotopic (exact) mass is 371 g/mol. The van der Waals surface area contributed by atoms with Crippen LogP contribution in [0.4, 0.5) is 5.69 Å². The third-order valence-electron chi connectivity index (χ3n) is 4.76. The average molecular weight is 372 g/mol. The molecule has 1 N–H and O–H groups in total. The number of aryl methyl sites for hydroxylation is 1. The predicted molar refractivity (Wildman–Crippen MR) is 108 cm³/mol. The highest BCUT2D eigenvalue weighted by molar-refractivity contribution is 6.30. The van der Waals surface area contributed by atoms with Gasteiger partial charge < -0.3 is 15.1 Å². The number of carbonyl (C=O) groups is 1. The minimum Gasteiger partial charge on any atom is -0.368 e. The second-order valence-corrected chi connectivity index (χ2v) is 7.20. The third-order valence-corrected chi connectivity index (χ3v) is 5.01. The lowest BCUT2D eigenvalue weighted by atomic mass is 10.2. The molecule has 4 nitrogen and oxygen atoms in total. The van der Waals surface area contributed by atoms with Crippen LogP contribution in [-0.2, 0) is 11.3 Å². The van der Waals surface area contributed by atoms with Crippen LogP contribution >= 0.6 is 11.6 Å². The van der Waals surface area contributed by atoms with Crippen molar-refractivity contribution in [2.45, 2.75) is 19.9 Å². The summed E-state index contributed by atoms with van der Waals surface area (Å²) >= 11 is 5.88. The molecule has 3 rings (SSSR count). The van der Waals surface area contributed by atoms with E-state index in [0.717, 1.165) is 37.7 Å². The second-order valence-electron chi connectivity index (χ2n) is 6.76. The lowest BCUT2D eigenvalue weighted by molar-refractivity contribution is -0.131. The van der Waals surface area contributed by atoms with Gasteiger partial charge in [0.1, 0.15) is 0 Å². The summed E-state index contributed by atoms with van der Waals surface area (Å²) in [5, 5.41) is 4.08. The lowest BCUT2D eigenvalue weighted by Gasteiger charge is -2.36. The van der Waals surface area contributed by atoms with Crippen LogP contribution in [0, 0.1) is 6.92 Å². The van der Waals surface area contributed by atoms with Gasteiger partial charge in [0.2, 0.25) is 5.91 Å². The van der Waals surface area contributed by atoms with E-state index in [1.165, 1.54) is 16.8 Å². The molecule has 0 radical (unpaired) electrons. The largest absolute Gasteiger partial charge is 0.368 e. The summed E-state index contributed by atoms with van der Waals surface area (Å²) in [5.74, 6) is 0.234. The van der Waals surface area contributed by atoms with Crippen molar-refractivity contribution in [3.8, 4) is 0 Å². The molecule has 1 amide bonds. The molecule has 0 unspecified atom stereocenters. The SMILES string of the molecule is Cc1cccc(N2CCN(C(=O)CCNCc3ccc(Cl)cc3)CC2)c1. The average Bonchev–Trinajstić information content (AvgIpc) is 2.66. The van der Waals surface area contributed by atoms with Crippen LogP contribution in [-0.4, -0.2) is 43.5 Å². The van der Waals surface area contributed by atoms with E-state index in [2.05, 4.69) is 41.4 Å². The summed E-state index contributed by atoms with van der Waals surface area (Å²) in [5.41, 5.74) is 3.70. The van der Waals surface area contributed by atoms with E-state index in [0.29, 0.717) is 13.0 Å².